The van der Waals surface area contributed by atoms with Crippen molar-refractivity contribution in [3.05, 3.63) is 53.2 Å². The molecule has 0 saturated heterocycles. The Labute approximate surface area is 122 Å². The maximum Gasteiger partial charge on any atom is 0.148 e. The molecular formula is C15H15ClFN3. The fourth-order valence-corrected chi connectivity index (χ4v) is 2.84. The van der Waals surface area contributed by atoms with Crippen LogP contribution in [0.15, 0.2) is 36.8 Å². The van der Waals surface area contributed by atoms with E-state index in [2.05, 4.69) is 15.3 Å². The van der Waals surface area contributed by atoms with Crippen LogP contribution in [0.25, 0.3) is 0 Å². The third-order valence-electron chi connectivity index (χ3n) is 4.03. The molecule has 0 amide bonds. The summed E-state index contributed by atoms with van der Waals surface area (Å²) >= 11 is 6.04. The molecule has 1 saturated carbocycles. The number of hydrogen-bond donors (Lipinski definition) is 1. The van der Waals surface area contributed by atoms with Gasteiger partial charge in [0.1, 0.15) is 23.0 Å². The maximum atomic E-state index is 13.1. The molecule has 1 aromatic carbocycles. The number of rotatable bonds is 4. The van der Waals surface area contributed by atoms with Gasteiger partial charge >= 0.3 is 0 Å². The molecule has 0 bridgehead atoms. The van der Waals surface area contributed by atoms with Crippen LogP contribution in [0, 0.1) is 5.82 Å². The van der Waals surface area contributed by atoms with Gasteiger partial charge in [0.25, 0.3) is 0 Å². The third-order valence-corrected chi connectivity index (χ3v) is 4.31. The predicted molar refractivity (Wildman–Crippen MR) is 77.5 cm³/mol. The van der Waals surface area contributed by atoms with Crippen molar-refractivity contribution in [2.24, 2.45) is 0 Å². The van der Waals surface area contributed by atoms with Gasteiger partial charge in [-0.3, -0.25) is 0 Å². The van der Waals surface area contributed by atoms with Crippen molar-refractivity contribution in [3.63, 3.8) is 0 Å². The van der Waals surface area contributed by atoms with Crippen molar-refractivity contribution >= 4 is 17.4 Å². The van der Waals surface area contributed by atoms with Gasteiger partial charge in [0.2, 0.25) is 0 Å². The highest BCUT2D eigenvalue weighted by Crippen LogP contribution is 2.43. The van der Waals surface area contributed by atoms with Crippen LogP contribution in [0.5, 0.6) is 0 Å². The molecule has 5 heteroatoms. The van der Waals surface area contributed by atoms with Gasteiger partial charge in [-0.05, 0) is 30.5 Å². The van der Waals surface area contributed by atoms with Crippen LogP contribution in [0.4, 0.5) is 10.2 Å². The summed E-state index contributed by atoms with van der Waals surface area (Å²) in [4.78, 5) is 8.00. The normalized spacial score (nSPS) is 16.5. The Morgan fingerprint density at radius 2 is 2.00 bits per heavy atom. The zero-order chi connectivity index (χ0) is 14.0. The maximum absolute atomic E-state index is 13.1. The molecule has 0 radical (unpaired) electrons. The van der Waals surface area contributed by atoms with E-state index >= 15 is 0 Å². The van der Waals surface area contributed by atoms with Crippen molar-refractivity contribution in [1.82, 2.24) is 9.97 Å². The number of benzene rings is 1. The van der Waals surface area contributed by atoms with E-state index in [1.165, 1.54) is 30.4 Å². The van der Waals surface area contributed by atoms with Gasteiger partial charge in [-0.2, -0.15) is 0 Å². The van der Waals surface area contributed by atoms with Crippen LogP contribution in [0.1, 0.15) is 24.8 Å². The molecule has 0 aliphatic heterocycles. The van der Waals surface area contributed by atoms with E-state index in [9.17, 15) is 4.39 Å². The number of hydrogen-bond acceptors (Lipinski definition) is 3. The Balaban J connectivity index is 1.77. The quantitative estimate of drug-likeness (QED) is 0.931. The van der Waals surface area contributed by atoms with Crippen LogP contribution >= 0.6 is 11.6 Å². The zero-order valence-corrected chi connectivity index (χ0v) is 11.7. The smallest absolute Gasteiger partial charge is 0.148 e. The second kappa shape index (κ2) is 5.37. The van der Waals surface area contributed by atoms with Gasteiger partial charge in [-0.25, -0.2) is 14.4 Å². The van der Waals surface area contributed by atoms with E-state index < -0.39 is 0 Å². The first-order valence-corrected chi connectivity index (χ1v) is 7.03. The predicted octanol–water partition coefficient (Wildman–Crippen LogP) is 3.80. The first kappa shape index (κ1) is 13.3. The number of aromatic nitrogens is 2. The minimum absolute atomic E-state index is 0.0575. The topological polar surface area (TPSA) is 37.8 Å². The zero-order valence-electron chi connectivity index (χ0n) is 10.9. The molecule has 1 heterocycles. The number of nitrogens with zero attached hydrogens (tertiary/aromatic N) is 2. The Bertz CT molecular complexity index is 596. The van der Waals surface area contributed by atoms with Crippen LogP contribution in [0.3, 0.4) is 0 Å². The van der Waals surface area contributed by atoms with Gasteiger partial charge in [-0.15, -0.1) is 0 Å². The molecule has 2 aromatic rings. The highest BCUT2D eigenvalue weighted by molar-refractivity contribution is 6.32. The standard InChI is InChI=1S/C15H15ClFN3/c16-13-8-18-10-20-14(13)19-9-15(6-1-7-15)11-2-4-12(17)5-3-11/h2-5,8,10H,1,6-7,9H2,(H,18,19,20). The van der Waals surface area contributed by atoms with E-state index in [-0.39, 0.29) is 11.2 Å². The summed E-state index contributed by atoms with van der Waals surface area (Å²) in [7, 11) is 0. The Kier molecular flexibility index (Phi) is 3.57. The number of halogens is 2. The van der Waals surface area contributed by atoms with Crippen molar-refractivity contribution in [2.75, 3.05) is 11.9 Å². The van der Waals surface area contributed by atoms with E-state index in [4.69, 9.17) is 11.6 Å². The number of anilines is 1. The molecule has 1 aromatic heterocycles. The summed E-state index contributed by atoms with van der Waals surface area (Å²) in [5.41, 5.74) is 1.23. The van der Waals surface area contributed by atoms with Gasteiger partial charge in [0.05, 0.1) is 6.20 Å². The summed E-state index contributed by atoms with van der Waals surface area (Å²) in [5, 5.41) is 3.81. The molecule has 1 aliphatic carbocycles. The van der Waals surface area contributed by atoms with E-state index in [0.717, 1.165) is 19.4 Å². The summed E-state index contributed by atoms with van der Waals surface area (Å²) < 4.78 is 13.1. The molecule has 20 heavy (non-hydrogen) atoms. The average Bonchev–Trinajstić information content (AvgIpc) is 2.41. The summed E-state index contributed by atoms with van der Waals surface area (Å²) in [6.45, 7) is 0.745. The fourth-order valence-electron chi connectivity index (χ4n) is 2.67. The van der Waals surface area contributed by atoms with E-state index in [0.29, 0.717) is 10.8 Å². The second-order valence-electron chi connectivity index (χ2n) is 5.21. The fraction of sp³-hybridized carbons (Fsp3) is 0.333. The summed E-state index contributed by atoms with van der Waals surface area (Å²) in [6, 6.07) is 6.79. The number of nitrogens with one attached hydrogen (secondary N) is 1. The first-order chi connectivity index (χ1) is 9.70. The van der Waals surface area contributed by atoms with Gasteiger partial charge in [0, 0.05) is 12.0 Å². The first-order valence-electron chi connectivity index (χ1n) is 6.65. The van der Waals surface area contributed by atoms with E-state index in [1.54, 1.807) is 6.20 Å². The molecule has 1 N–H and O–H groups in total. The Hall–Kier alpha value is -1.68. The van der Waals surface area contributed by atoms with E-state index in [1.807, 2.05) is 12.1 Å². The Morgan fingerprint density at radius 1 is 1.25 bits per heavy atom. The summed E-state index contributed by atoms with van der Waals surface area (Å²) in [5.74, 6) is 0.449. The van der Waals surface area contributed by atoms with Gasteiger partial charge in [0.15, 0.2) is 0 Å². The van der Waals surface area contributed by atoms with Gasteiger partial charge in [-0.1, -0.05) is 30.2 Å². The highest BCUT2D eigenvalue weighted by Gasteiger charge is 2.38. The lowest BCUT2D eigenvalue weighted by atomic mass is 9.64. The van der Waals surface area contributed by atoms with Gasteiger partial charge < -0.3 is 5.32 Å². The monoisotopic (exact) mass is 291 g/mol. The molecule has 0 unspecified atom stereocenters. The second-order valence-corrected chi connectivity index (χ2v) is 5.62. The van der Waals surface area contributed by atoms with Crippen LogP contribution in [-0.2, 0) is 5.41 Å². The molecule has 1 fully saturated rings. The lowest BCUT2D eigenvalue weighted by molar-refractivity contribution is 0.260. The molecule has 0 atom stereocenters. The van der Waals surface area contributed by atoms with Crippen LogP contribution in [0.2, 0.25) is 5.02 Å². The third kappa shape index (κ3) is 2.48. The molecule has 3 rings (SSSR count). The molecular weight excluding hydrogens is 277 g/mol. The van der Waals surface area contributed by atoms with Crippen molar-refractivity contribution in [3.8, 4) is 0 Å². The largest absolute Gasteiger partial charge is 0.368 e. The van der Waals surface area contributed by atoms with Crippen molar-refractivity contribution < 1.29 is 4.39 Å². The van der Waals surface area contributed by atoms with Crippen molar-refractivity contribution in [2.45, 2.75) is 24.7 Å². The average molecular weight is 292 g/mol. The highest BCUT2D eigenvalue weighted by atomic mass is 35.5. The minimum atomic E-state index is -0.199. The molecule has 3 nitrogen and oxygen atoms in total. The SMILES string of the molecule is Fc1ccc(C2(CNc3ncncc3Cl)CCC2)cc1. The Morgan fingerprint density at radius 3 is 2.60 bits per heavy atom. The molecule has 1 aliphatic rings. The van der Waals surface area contributed by atoms with Crippen LogP contribution < -0.4 is 5.32 Å². The minimum Gasteiger partial charge on any atom is -0.368 e. The van der Waals surface area contributed by atoms with Crippen LogP contribution in [-0.4, -0.2) is 16.5 Å². The molecule has 104 valence electrons. The summed E-state index contributed by atoms with van der Waals surface area (Å²) in [6.07, 6.45) is 6.42. The van der Waals surface area contributed by atoms with Crippen molar-refractivity contribution in [1.29, 1.82) is 0 Å². The molecule has 0 spiro atoms. The lowest BCUT2D eigenvalue weighted by Gasteiger charge is -2.42. The lowest BCUT2D eigenvalue weighted by Crippen LogP contribution is -2.41.